The highest BCUT2D eigenvalue weighted by Gasteiger charge is 2.22. The zero-order valence-corrected chi connectivity index (χ0v) is 9.23. The summed E-state index contributed by atoms with van der Waals surface area (Å²) in [6.45, 7) is 2.76. The SMILES string of the molecule is C[C@@H](O)c1ccc(N2CCC(O)C2)c(F)c1. The Morgan fingerprint density at radius 2 is 2.25 bits per heavy atom. The van der Waals surface area contributed by atoms with Crippen molar-refractivity contribution in [2.24, 2.45) is 0 Å². The molecule has 1 aliphatic rings. The molecule has 0 saturated carbocycles. The minimum absolute atomic E-state index is 0.340. The highest BCUT2D eigenvalue weighted by atomic mass is 19.1. The Kier molecular flexibility index (Phi) is 3.12. The number of nitrogens with zero attached hydrogens (tertiary/aromatic N) is 1. The second-order valence-electron chi connectivity index (χ2n) is 4.28. The van der Waals surface area contributed by atoms with Crippen molar-refractivity contribution in [3.63, 3.8) is 0 Å². The summed E-state index contributed by atoms with van der Waals surface area (Å²) in [5.41, 5.74) is 1.07. The molecule has 1 fully saturated rings. The van der Waals surface area contributed by atoms with Gasteiger partial charge in [-0.15, -0.1) is 0 Å². The van der Waals surface area contributed by atoms with E-state index in [2.05, 4.69) is 0 Å². The molecular weight excluding hydrogens is 209 g/mol. The average molecular weight is 225 g/mol. The maximum Gasteiger partial charge on any atom is 0.146 e. The van der Waals surface area contributed by atoms with Gasteiger partial charge in [-0.25, -0.2) is 4.39 Å². The third kappa shape index (κ3) is 2.18. The van der Waals surface area contributed by atoms with Crippen molar-refractivity contribution in [1.29, 1.82) is 0 Å². The van der Waals surface area contributed by atoms with Crippen LogP contribution in [0.2, 0.25) is 0 Å². The smallest absolute Gasteiger partial charge is 0.146 e. The first kappa shape index (κ1) is 11.4. The second-order valence-corrected chi connectivity index (χ2v) is 4.28. The van der Waals surface area contributed by atoms with Gasteiger partial charge in [-0.3, -0.25) is 0 Å². The molecule has 88 valence electrons. The largest absolute Gasteiger partial charge is 0.391 e. The van der Waals surface area contributed by atoms with Crippen molar-refractivity contribution in [3.8, 4) is 0 Å². The van der Waals surface area contributed by atoms with Gasteiger partial charge in [-0.2, -0.15) is 0 Å². The first-order valence-electron chi connectivity index (χ1n) is 5.48. The van der Waals surface area contributed by atoms with Gasteiger partial charge in [0.15, 0.2) is 0 Å². The van der Waals surface area contributed by atoms with Gasteiger partial charge in [0.1, 0.15) is 5.82 Å². The molecule has 1 aromatic rings. The standard InChI is InChI=1S/C12H16FNO2/c1-8(15)9-2-3-12(11(13)6-9)14-5-4-10(16)7-14/h2-3,6,8,10,15-16H,4-5,7H2,1H3/t8-,10?/m1/s1. The molecule has 1 saturated heterocycles. The Morgan fingerprint density at radius 1 is 1.50 bits per heavy atom. The van der Waals surface area contributed by atoms with Crippen LogP contribution in [0.3, 0.4) is 0 Å². The normalized spacial score (nSPS) is 22.5. The molecular formula is C12H16FNO2. The van der Waals surface area contributed by atoms with Gasteiger partial charge in [-0.1, -0.05) is 6.07 Å². The molecule has 16 heavy (non-hydrogen) atoms. The van der Waals surface area contributed by atoms with E-state index < -0.39 is 6.10 Å². The molecule has 0 radical (unpaired) electrons. The maximum absolute atomic E-state index is 13.8. The molecule has 2 N–H and O–H groups in total. The van der Waals surface area contributed by atoms with Gasteiger partial charge in [-0.05, 0) is 31.0 Å². The van der Waals surface area contributed by atoms with E-state index in [1.807, 2.05) is 4.90 Å². The highest BCUT2D eigenvalue weighted by Crippen LogP contribution is 2.26. The molecule has 0 spiro atoms. The predicted molar refractivity (Wildman–Crippen MR) is 59.9 cm³/mol. The second kappa shape index (κ2) is 4.39. The topological polar surface area (TPSA) is 43.7 Å². The zero-order valence-electron chi connectivity index (χ0n) is 9.23. The molecule has 0 aromatic heterocycles. The van der Waals surface area contributed by atoms with E-state index in [0.29, 0.717) is 30.8 Å². The molecule has 0 bridgehead atoms. The Hall–Kier alpha value is -1.13. The van der Waals surface area contributed by atoms with E-state index in [-0.39, 0.29) is 11.9 Å². The predicted octanol–water partition coefficient (Wildman–Crippen LogP) is 1.45. The monoisotopic (exact) mass is 225 g/mol. The van der Waals surface area contributed by atoms with Gasteiger partial charge in [0.05, 0.1) is 17.9 Å². The fourth-order valence-corrected chi connectivity index (χ4v) is 2.00. The minimum Gasteiger partial charge on any atom is -0.391 e. The number of rotatable bonds is 2. The van der Waals surface area contributed by atoms with Crippen LogP contribution in [0.1, 0.15) is 25.0 Å². The Balaban J connectivity index is 2.22. The van der Waals surface area contributed by atoms with Crippen LogP contribution in [0, 0.1) is 5.82 Å². The number of hydrogen-bond acceptors (Lipinski definition) is 3. The van der Waals surface area contributed by atoms with E-state index >= 15 is 0 Å². The summed E-state index contributed by atoms with van der Waals surface area (Å²) in [5, 5.41) is 18.7. The number of benzene rings is 1. The van der Waals surface area contributed by atoms with Crippen molar-refractivity contribution >= 4 is 5.69 Å². The van der Waals surface area contributed by atoms with Gasteiger partial charge < -0.3 is 15.1 Å². The third-order valence-electron chi connectivity index (χ3n) is 2.96. The minimum atomic E-state index is -0.660. The van der Waals surface area contributed by atoms with Crippen LogP contribution >= 0.6 is 0 Å². The Morgan fingerprint density at radius 3 is 2.75 bits per heavy atom. The Bertz CT molecular complexity index is 381. The molecule has 1 aliphatic heterocycles. The van der Waals surface area contributed by atoms with Crippen molar-refractivity contribution in [1.82, 2.24) is 0 Å². The van der Waals surface area contributed by atoms with E-state index in [1.165, 1.54) is 6.07 Å². The lowest BCUT2D eigenvalue weighted by molar-refractivity contribution is 0.197. The van der Waals surface area contributed by atoms with E-state index in [9.17, 15) is 14.6 Å². The van der Waals surface area contributed by atoms with Crippen LogP contribution < -0.4 is 4.90 Å². The average Bonchev–Trinajstić information content (AvgIpc) is 2.64. The summed E-state index contributed by atoms with van der Waals surface area (Å²) in [7, 11) is 0. The zero-order chi connectivity index (χ0) is 11.7. The van der Waals surface area contributed by atoms with Crippen LogP contribution in [-0.2, 0) is 0 Å². The summed E-state index contributed by atoms with van der Waals surface area (Å²) in [6.07, 6.45) is -0.346. The molecule has 2 atom stereocenters. The molecule has 1 heterocycles. The maximum atomic E-state index is 13.8. The highest BCUT2D eigenvalue weighted by molar-refractivity contribution is 5.50. The van der Waals surface area contributed by atoms with E-state index in [4.69, 9.17) is 0 Å². The first-order chi connectivity index (χ1) is 7.58. The van der Waals surface area contributed by atoms with Crippen LogP contribution in [0.15, 0.2) is 18.2 Å². The lowest BCUT2D eigenvalue weighted by Crippen LogP contribution is -2.22. The number of halogens is 1. The molecule has 0 amide bonds. The van der Waals surface area contributed by atoms with Gasteiger partial charge in [0.25, 0.3) is 0 Å². The van der Waals surface area contributed by atoms with Gasteiger partial charge in [0, 0.05) is 13.1 Å². The summed E-state index contributed by atoms with van der Waals surface area (Å²) in [5.74, 6) is -0.340. The molecule has 0 aliphatic carbocycles. The van der Waals surface area contributed by atoms with Crippen LogP contribution in [0.5, 0.6) is 0 Å². The van der Waals surface area contributed by atoms with Crippen molar-refractivity contribution in [3.05, 3.63) is 29.6 Å². The number of hydrogen-bond donors (Lipinski definition) is 2. The van der Waals surface area contributed by atoms with E-state index in [0.717, 1.165) is 0 Å². The molecule has 3 nitrogen and oxygen atoms in total. The quantitative estimate of drug-likeness (QED) is 0.800. The summed E-state index contributed by atoms with van der Waals surface area (Å²) in [4.78, 5) is 1.83. The van der Waals surface area contributed by atoms with Crippen LogP contribution in [-0.4, -0.2) is 29.4 Å². The fraction of sp³-hybridized carbons (Fsp3) is 0.500. The molecule has 4 heteroatoms. The molecule has 1 unspecified atom stereocenters. The van der Waals surface area contributed by atoms with Gasteiger partial charge in [0.2, 0.25) is 0 Å². The fourth-order valence-electron chi connectivity index (χ4n) is 2.00. The number of anilines is 1. The number of aliphatic hydroxyl groups is 2. The number of aliphatic hydroxyl groups excluding tert-OH is 2. The van der Waals surface area contributed by atoms with Crippen LogP contribution in [0.4, 0.5) is 10.1 Å². The number of β-amino-alcohol motifs (C(OH)–C–C–N with tert-alkyl or cyclic N) is 1. The summed E-state index contributed by atoms with van der Waals surface area (Å²) >= 11 is 0. The van der Waals surface area contributed by atoms with Crippen molar-refractivity contribution in [2.45, 2.75) is 25.6 Å². The van der Waals surface area contributed by atoms with Crippen LogP contribution in [0.25, 0.3) is 0 Å². The Labute approximate surface area is 94.1 Å². The summed E-state index contributed by atoms with van der Waals surface area (Å²) < 4.78 is 13.8. The van der Waals surface area contributed by atoms with Gasteiger partial charge >= 0.3 is 0 Å². The van der Waals surface area contributed by atoms with Crippen molar-refractivity contribution < 1.29 is 14.6 Å². The van der Waals surface area contributed by atoms with Crippen molar-refractivity contribution in [2.75, 3.05) is 18.0 Å². The lowest BCUT2D eigenvalue weighted by atomic mass is 10.1. The molecule has 2 rings (SSSR count). The molecule has 1 aromatic carbocycles. The lowest BCUT2D eigenvalue weighted by Gasteiger charge is -2.19. The first-order valence-corrected chi connectivity index (χ1v) is 5.48. The third-order valence-corrected chi connectivity index (χ3v) is 2.96. The van der Waals surface area contributed by atoms with E-state index in [1.54, 1.807) is 19.1 Å². The summed E-state index contributed by atoms with van der Waals surface area (Å²) in [6, 6.07) is 4.73.